The summed E-state index contributed by atoms with van der Waals surface area (Å²) < 4.78 is 11.5. The Labute approximate surface area is 178 Å². The maximum absolute atomic E-state index is 5.77. The van der Waals surface area contributed by atoms with Gasteiger partial charge in [-0.2, -0.15) is 0 Å². The van der Waals surface area contributed by atoms with Crippen LogP contribution in [0.25, 0.3) is 0 Å². The van der Waals surface area contributed by atoms with Gasteiger partial charge in [0.05, 0.1) is 12.2 Å². The van der Waals surface area contributed by atoms with E-state index in [4.69, 9.17) is 9.47 Å². The molecule has 0 aliphatic carbocycles. The molecule has 0 aliphatic heterocycles. The topological polar surface area (TPSA) is 67.8 Å². The van der Waals surface area contributed by atoms with Gasteiger partial charge in [0.1, 0.15) is 24.7 Å². The Kier molecular flexibility index (Phi) is 8.09. The normalized spacial score (nSPS) is 11.1. The minimum absolute atomic E-state index is 0.458. The Morgan fingerprint density at radius 3 is 2.33 bits per heavy atom. The van der Waals surface area contributed by atoms with Gasteiger partial charge in [-0.1, -0.05) is 35.9 Å². The van der Waals surface area contributed by atoms with Crippen LogP contribution in [0.4, 0.5) is 0 Å². The fraction of sp³-hybridized carbons (Fsp3) is 0.250. The molecule has 3 rings (SSSR count). The van der Waals surface area contributed by atoms with Gasteiger partial charge in [-0.3, -0.25) is 9.98 Å². The van der Waals surface area contributed by atoms with Crippen molar-refractivity contribution >= 4 is 5.96 Å². The lowest BCUT2D eigenvalue weighted by Gasteiger charge is -2.13. The molecule has 30 heavy (non-hydrogen) atoms. The van der Waals surface area contributed by atoms with Gasteiger partial charge in [-0.05, 0) is 48.9 Å². The van der Waals surface area contributed by atoms with Crippen LogP contribution in [0.1, 0.15) is 16.8 Å². The van der Waals surface area contributed by atoms with E-state index in [0.717, 1.165) is 28.7 Å². The molecule has 0 fully saturated rings. The van der Waals surface area contributed by atoms with Crippen LogP contribution in [0.15, 0.2) is 77.9 Å². The van der Waals surface area contributed by atoms with E-state index in [1.165, 1.54) is 5.56 Å². The van der Waals surface area contributed by atoms with Crippen LogP contribution in [0.3, 0.4) is 0 Å². The van der Waals surface area contributed by atoms with Crippen molar-refractivity contribution in [3.63, 3.8) is 0 Å². The lowest BCUT2D eigenvalue weighted by molar-refractivity contribution is 0.301. The molecule has 0 atom stereocenters. The molecule has 1 aromatic heterocycles. The third-order valence-corrected chi connectivity index (χ3v) is 4.40. The molecule has 156 valence electrons. The van der Waals surface area contributed by atoms with Crippen molar-refractivity contribution in [2.75, 3.05) is 20.2 Å². The Morgan fingerprint density at radius 1 is 0.900 bits per heavy atom. The van der Waals surface area contributed by atoms with Gasteiger partial charge in [0.25, 0.3) is 0 Å². The first-order chi connectivity index (χ1) is 14.7. The zero-order valence-corrected chi connectivity index (χ0v) is 17.5. The van der Waals surface area contributed by atoms with Gasteiger partial charge in [-0.15, -0.1) is 0 Å². The molecule has 0 amide bonds. The first-order valence-electron chi connectivity index (χ1n) is 9.98. The van der Waals surface area contributed by atoms with Gasteiger partial charge < -0.3 is 20.1 Å². The SMILES string of the molecule is CN=C(NCCOc1ccc(C)cc1)NCc1ccc(OCc2ccccn2)cc1. The average molecular weight is 405 g/mol. The molecule has 6 heteroatoms. The summed E-state index contributed by atoms with van der Waals surface area (Å²) in [5, 5.41) is 6.56. The van der Waals surface area contributed by atoms with Crippen molar-refractivity contribution in [2.45, 2.75) is 20.1 Å². The molecule has 0 aliphatic rings. The number of aliphatic imine (C=N–C) groups is 1. The standard InChI is InChI=1S/C24H28N4O2/c1-19-6-10-22(11-7-19)29-16-15-27-24(25-2)28-17-20-8-12-23(13-9-20)30-18-21-5-3-4-14-26-21/h3-14H,15-18H2,1-2H3,(H2,25,27,28). The van der Waals surface area contributed by atoms with Crippen molar-refractivity contribution in [2.24, 2.45) is 4.99 Å². The van der Waals surface area contributed by atoms with Gasteiger partial charge in [-0.25, -0.2) is 0 Å². The van der Waals surface area contributed by atoms with Crippen molar-refractivity contribution in [3.05, 3.63) is 89.7 Å². The van der Waals surface area contributed by atoms with Crippen molar-refractivity contribution in [1.82, 2.24) is 15.6 Å². The number of benzene rings is 2. The number of aromatic nitrogens is 1. The summed E-state index contributed by atoms with van der Waals surface area (Å²) in [6.45, 7) is 4.41. The quantitative estimate of drug-likeness (QED) is 0.323. The summed E-state index contributed by atoms with van der Waals surface area (Å²) in [5.41, 5.74) is 3.27. The molecule has 2 aromatic carbocycles. The minimum Gasteiger partial charge on any atom is -0.492 e. The highest BCUT2D eigenvalue weighted by Gasteiger charge is 2.01. The monoisotopic (exact) mass is 404 g/mol. The maximum Gasteiger partial charge on any atom is 0.191 e. The molecule has 6 nitrogen and oxygen atoms in total. The van der Waals surface area contributed by atoms with Gasteiger partial charge >= 0.3 is 0 Å². The summed E-state index contributed by atoms with van der Waals surface area (Å²) in [4.78, 5) is 8.50. The van der Waals surface area contributed by atoms with Crippen LogP contribution < -0.4 is 20.1 Å². The maximum atomic E-state index is 5.77. The lowest BCUT2D eigenvalue weighted by Crippen LogP contribution is -2.38. The van der Waals surface area contributed by atoms with Crippen LogP contribution in [0.5, 0.6) is 11.5 Å². The van der Waals surface area contributed by atoms with E-state index in [1.807, 2.05) is 66.7 Å². The fourth-order valence-corrected chi connectivity index (χ4v) is 2.72. The molecule has 0 bridgehead atoms. The molecule has 2 N–H and O–H groups in total. The summed E-state index contributed by atoms with van der Waals surface area (Å²) in [5.74, 6) is 2.42. The Hall–Kier alpha value is -3.54. The minimum atomic E-state index is 0.458. The van der Waals surface area contributed by atoms with E-state index in [1.54, 1.807) is 13.2 Å². The van der Waals surface area contributed by atoms with Gasteiger partial charge in [0.15, 0.2) is 5.96 Å². The van der Waals surface area contributed by atoms with E-state index < -0.39 is 0 Å². The predicted octanol–water partition coefficient (Wildman–Crippen LogP) is 3.71. The van der Waals surface area contributed by atoms with Crippen molar-refractivity contribution in [1.29, 1.82) is 0 Å². The van der Waals surface area contributed by atoms with Crippen molar-refractivity contribution < 1.29 is 9.47 Å². The number of guanidine groups is 1. The summed E-state index contributed by atoms with van der Waals surface area (Å²) in [7, 11) is 1.75. The molecular formula is C24H28N4O2. The Morgan fingerprint density at radius 2 is 1.63 bits per heavy atom. The second kappa shape index (κ2) is 11.5. The third kappa shape index (κ3) is 7.13. The zero-order chi connectivity index (χ0) is 21.0. The predicted molar refractivity (Wildman–Crippen MR) is 120 cm³/mol. The number of nitrogens with zero attached hydrogens (tertiary/aromatic N) is 2. The largest absolute Gasteiger partial charge is 0.492 e. The van der Waals surface area contributed by atoms with Crippen LogP contribution in [-0.2, 0) is 13.2 Å². The fourth-order valence-electron chi connectivity index (χ4n) is 2.72. The summed E-state index contributed by atoms with van der Waals surface area (Å²) in [6.07, 6.45) is 1.77. The Balaban J connectivity index is 1.36. The number of pyridine rings is 1. The molecule has 3 aromatic rings. The number of ether oxygens (including phenoxy) is 2. The van der Waals surface area contributed by atoms with Crippen LogP contribution in [0.2, 0.25) is 0 Å². The zero-order valence-electron chi connectivity index (χ0n) is 17.5. The summed E-state index contributed by atoms with van der Waals surface area (Å²) in [6, 6.07) is 21.8. The van der Waals surface area contributed by atoms with Crippen LogP contribution >= 0.6 is 0 Å². The smallest absolute Gasteiger partial charge is 0.191 e. The second-order valence-electron chi connectivity index (χ2n) is 6.77. The van der Waals surface area contributed by atoms with Gasteiger partial charge in [0, 0.05) is 19.8 Å². The van der Waals surface area contributed by atoms with Crippen molar-refractivity contribution in [3.8, 4) is 11.5 Å². The Bertz CT molecular complexity index is 910. The molecule has 0 saturated heterocycles. The van der Waals surface area contributed by atoms with E-state index in [-0.39, 0.29) is 0 Å². The number of rotatable bonds is 9. The first kappa shape index (κ1) is 21.2. The van der Waals surface area contributed by atoms with E-state index >= 15 is 0 Å². The first-order valence-corrected chi connectivity index (χ1v) is 9.98. The van der Waals surface area contributed by atoms with Crippen LogP contribution in [0, 0.1) is 6.92 Å². The molecule has 0 radical (unpaired) electrons. The number of nitrogens with one attached hydrogen (secondary N) is 2. The van der Waals surface area contributed by atoms with Gasteiger partial charge in [0.2, 0.25) is 0 Å². The molecule has 0 saturated carbocycles. The summed E-state index contributed by atoms with van der Waals surface area (Å²) >= 11 is 0. The highest BCUT2D eigenvalue weighted by atomic mass is 16.5. The molecule has 1 heterocycles. The highest BCUT2D eigenvalue weighted by molar-refractivity contribution is 5.79. The van der Waals surface area contributed by atoms with E-state index in [0.29, 0.717) is 26.3 Å². The number of aryl methyl sites for hydroxylation is 1. The highest BCUT2D eigenvalue weighted by Crippen LogP contribution is 2.14. The van der Waals surface area contributed by atoms with E-state index in [2.05, 4.69) is 27.5 Å². The molecule has 0 spiro atoms. The molecular weight excluding hydrogens is 376 g/mol. The van der Waals surface area contributed by atoms with E-state index in [9.17, 15) is 0 Å². The average Bonchev–Trinajstić information content (AvgIpc) is 2.80. The number of hydrogen-bond acceptors (Lipinski definition) is 4. The third-order valence-electron chi connectivity index (χ3n) is 4.40. The lowest BCUT2D eigenvalue weighted by atomic mass is 10.2. The molecule has 0 unspecified atom stereocenters. The number of hydrogen-bond donors (Lipinski definition) is 2. The van der Waals surface area contributed by atoms with Crippen LogP contribution in [-0.4, -0.2) is 31.1 Å². The second-order valence-corrected chi connectivity index (χ2v) is 6.77.